The molecule has 3 N–H and O–H groups in total. The zero-order valence-corrected chi connectivity index (χ0v) is 19.5. The van der Waals surface area contributed by atoms with E-state index in [1.165, 1.54) is 31.5 Å². The molecule has 36 heavy (non-hydrogen) atoms. The lowest BCUT2D eigenvalue weighted by Crippen LogP contribution is -2.36. The van der Waals surface area contributed by atoms with Gasteiger partial charge in [-0.1, -0.05) is 12.1 Å². The van der Waals surface area contributed by atoms with Crippen LogP contribution in [0.2, 0.25) is 0 Å². The van der Waals surface area contributed by atoms with E-state index in [0.29, 0.717) is 40.4 Å². The number of rotatable bonds is 8. The average molecular weight is 493 g/mol. The summed E-state index contributed by atoms with van der Waals surface area (Å²) in [4.78, 5) is 25.1. The minimum absolute atomic E-state index is 0.0108. The first-order valence-electron chi connectivity index (χ1n) is 11.5. The summed E-state index contributed by atoms with van der Waals surface area (Å²) in [6.45, 7) is 0.403. The number of aliphatic hydroxyl groups excluding tert-OH is 1. The van der Waals surface area contributed by atoms with Crippen LogP contribution >= 0.6 is 0 Å². The van der Waals surface area contributed by atoms with Crippen molar-refractivity contribution in [1.82, 2.24) is 15.0 Å². The van der Waals surface area contributed by atoms with E-state index in [4.69, 9.17) is 14.2 Å². The highest BCUT2D eigenvalue weighted by Gasteiger charge is 2.26. The second-order valence-electron chi connectivity index (χ2n) is 8.42. The van der Waals surface area contributed by atoms with Crippen LogP contribution in [0.15, 0.2) is 55.0 Å². The van der Waals surface area contributed by atoms with Crippen molar-refractivity contribution in [1.29, 1.82) is 0 Å². The second-order valence-corrected chi connectivity index (χ2v) is 8.42. The van der Waals surface area contributed by atoms with Gasteiger partial charge in [-0.3, -0.25) is 4.79 Å². The number of ketones is 1. The smallest absolute Gasteiger partial charge is 0.213 e. The number of benzene rings is 1. The molecule has 0 aliphatic carbocycles. The van der Waals surface area contributed by atoms with Crippen LogP contribution in [-0.4, -0.2) is 58.3 Å². The molecule has 0 unspecified atom stereocenters. The van der Waals surface area contributed by atoms with Crippen LogP contribution in [0.3, 0.4) is 0 Å². The number of methoxy groups -OCH3 is 1. The molecule has 3 aromatic heterocycles. The first-order valence-corrected chi connectivity index (χ1v) is 11.5. The van der Waals surface area contributed by atoms with Gasteiger partial charge in [-0.05, 0) is 37.1 Å². The van der Waals surface area contributed by atoms with Crippen LogP contribution in [0.1, 0.15) is 28.9 Å². The summed E-state index contributed by atoms with van der Waals surface area (Å²) in [6, 6.07) is 9.12. The van der Waals surface area contributed by atoms with E-state index >= 15 is 0 Å². The third-order valence-electron chi connectivity index (χ3n) is 6.09. The number of carbonyl (C=O) groups is 1. The fraction of sp³-hybridized carbons (Fsp3) is 0.269. The molecule has 5 rings (SSSR count). The zero-order valence-electron chi connectivity index (χ0n) is 19.5. The molecule has 10 heteroatoms. The molecule has 4 aromatic rings. The molecule has 1 fully saturated rings. The highest BCUT2D eigenvalue weighted by atomic mass is 19.1. The van der Waals surface area contributed by atoms with E-state index in [1.807, 2.05) is 0 Å². The van der Waals surface area contributed by atoms with Gasteiger partial charge in [-0.15, -0.1) is 0 Å². The number of nitrogens with zero attached hydrogens (tertiary/aromatic N) is 2. The van der Waals surface area contributed by atoms with E-state index in [1.54, 1.807) is 30.6 Å². The lowest BCUT2D eigenvalue weighted by molar-refractivity contribution is -0.0223. The number of carbonyl (C=O) groups excluding carboxylic acids is 1. The van der Waals surface area contributed by atoms with Gasteiger partial charge in [0.25, 0.3) is 0 Å². The third kappa shape index (κ3) is 4.73. The number of H-pyrrole nitrogens is 1. The summed E-state index contributed by atoms with van der Waals surface area (Å²) in [5, 5.41) is 13.3. The summed E-state index contributed by atoms with van der Waals surface area (Å²) < 4.78 is 30.6. The Morgan fingerprint density at radius 3 is 2.75 bits per heavy atom. The van der Waals surface area contributed by atoms with E-state index in [2.05, 4.69) is 20.3 Å². The number of aromatic nitrogens is 3. The Labute approximate surface area is 206 Å². The molecule has 9 nitrogen and oxygen atoms in total. The molecule has 1 aliphatic heterocycles. The van der Waals surface area contributed by atoms with Crippen molar-refractivity contribution in [3.05, 3.63) is 72.1 Å². The molecule has 0 spiro atoms. The maximum Gasteiger partial charge on any atom is 0.213 e. The average Bonchev–Trinajstić information content (AvgIpc) is 3.35. The monoisotopic (exact) mass is 492 g/mol. The molecular formula is C26H25FN4O5. The van der Waals surface area contributed by atoms with Crippen molar-refractivity contribution < 1.29 is 28.5 Å². The molecule has 186 valence electrons. The normalized spacial score (nSPS) is 17.6. The maximum atomic E-state index is 13.9. The lowest BCUT2D eigenvalue weighted by atomic mass is 10.0. The minimum Gasteiger partial charge on any atom is -0.493 e. The summed E-state index contributed by atoms with van der Waals surface area (Å²) in [5.74, 6) is 0.0490. The number of hydrogen-bond acceptors (Lipinski definition) is 8. The Balaban J connectivity index is 1.42. The summed E-state index contributed by atoms with van der Waals surface area (Å²) >= 11 is 0. The number of ether oxygens (including phenoxy) is 3. The van der Waals surface area contributed by atoms with Gasteiger partial charge in [0.15, 0.2) is 17.3 Å². The first kappa shape index (κ1) is 23.7. The Kier molecular flexibility index (Phi) is 6.79. The largest absolute Gasteiger partial charge is 0.493 e. The van der Waals surface area contributed by atoms with Crippen molar-refractivity contribution >= 4 is 22.5 Å². The number of hydrogen-bond donors (Lipinski definition) is 3. The summed E-state index contributed by atoms with van der Waals surface area (Å²) in [7, 11) is 1.54. The van der Waals surface area contributed by atoms with E-state index in [-0.39, 0.29) is 36.0 Å². The number of pyridine rings is 2. The number of anilines is 1. The van der Waals surface area contributed by atoms with Crippen LogP contribution in [0.25, 0.3) is 11.0 Å². The van der Waals surface area contributed by atoms with Crippen LogP contribution in [0.5, 0.6) is 17.2 Å². The topological polar surface area (TPSA) is 119 Å². The summed E-state index contributed by atoms with van der Waals surface area (Å²) in [6.07, 6.45) is 5.90. The molecule has 2 atom stereocenters. The Morgan fingerprint density at radius 1 is 1.19 bits per heavy atom. The van der Waals surface area contributed by atoms with Gasteiger partial charge in [-0.2, -0.15) is 0 Å². The maximum absolute atomic E-state index is 13.9. The van der Waals surface area contributed by atoms with Crippen LogP contribution in [-0.2, 0) is 4.74 Å². The number of para-hydroxylation sites is 1. The van der Waals surface area contributed by atoms with E-state index in [0.717, 1.165) is 12.8 Å². The second kappa shape index (κ2) is 10.3. The number of halogens is 1. The van der Waals surface area contributed by atoms with Gasteiger partial charge < -0.3 is 29.6 Å². The van der Waals surface area contributed by atoms with Crippen molar-refractivity contribution in [2.24, 2.45) is 0 Å². The van der Waals surface area contributed by atoms with Gasteiger partial charge in [-0.25, -0.2) is 14.4 Å². The predicted octanol–water partition coefficient (Wildman–Crippen LogP) is 4.08. The quantitative estimate of drug-likeness (QED) is 0.315. The number of aromatic amines is 1. The standard InChI is InChI=1S/C26H25FN4O5/c1-34-22-12-30-26-23(24(22)31-15-6-7-17(13-32)35-14-15)18(11-29-26)25(33)20-9-8-16(10-28-20)36-21-5-3-2-4-19(21)27/h2-5,8-12,15,17,32H,6-7,13-14H2,1H3,(H2,29,30,31)/t15-,17+/m1/s1. The zero-order chi connectivity index (χ0) is 25.1. The van der Waals surface area contributed by atoms with E-state index < -0.39 is 5.82 Å². The Morgan fingerprint density at radius 2 is 2.06 bits per heavy atom. The summed E-state index contributed by atoms with van der Waals surface area (Å²) in [5.41, 5.74) is 1.71. The lowest BCUT2D eigenvalue weighted by Gasteiger charge is -2.29. The number of nitrogens with one attached hydrogen (secondary N) is 2. The molecule has 1 aromatic carbocycles. The molecule has 1 saturated heterocycles. The van der Waals surface area contributed by atoms with Crippen molar-refractivity contribution in [3.63, 3.8) is 0 Å². The minimum atomic E-state index is -0.492. The predicted molar refractivity (Wildman–Crippen MR) is 130 cm³/mol. The SMILES string of the molecule is COc1cnc2[nH]cc(C(=O)c3ccc(Oc4ccccc4F)cn3)c2c1N[C@@H]1CC[C@@H](CO)OC1. The van der Waals surface area contributed by atoms with E-state index in [9.17, 15) is 14.3 Å². The number of fused-ring (bicyclic) bond motifs is 1. The first-order chi connectivity index (χ1) is 17.6. The fourth-order valence-electron chi connectivity index (χ4n) is 4.19. The highest BCUT2D eigenvalue weighted by Crippen LogP contribution is 2.36. The van der Waals surface area contributed by atoms with Gasteiger partial charge >= 0.3 is 0 Å². The van der Waals surface area contributed by atoms with Crippen molar-refractivity contribution in [2.75, 3.05) is 25.6 Å². The van der Waals surface area contributed by atoms with Gasteiger partial charge in [0.1, 0.15) is 17.1 Å². The molecule has 1 aliphatic rings. The molecule has 0 amide bonds. The Bertz CT molecular complexity index is 1370. The number of aliphatic hydroxyl groups is 1. The van der Waals surface area contributed by atoms with Crippen LogP contribution in [0.4, 0.5) is 10.1 Å². The molecule has 4 heterocycles. The molecule has 0 saturated carbocycles. The van der Waals surface area contributed by atoms with Gasteiger partial charge in [0, 0.05) is 12.2 Å². The van der Waals surface area contributed by atoms with Crippen molar-refractivity contribution in [3.8, 4) is 17.2 Å². The highest BCUT2D eigenvalue weighted by molar-refractivity contribution is 6.18. The van der Waals surface area contributed by atoms with Crippen LogP contribution in [0, 0.1) is 5.82 Å². The van der Waals surface area contributed by atoms with Gasteiger partial charge in [0.05, 0.1) is 55.5 Å². The molecule has 0 radical (unpaired) electrons. The van der Waals surface area contributed by atoms with Crippen LogP contribution < -0.4 is 14.8 Å². The molecular weight excluding hydrogens is 467 g/mol. The van der Waals surface area contributed by atoms with Gasteiger partial charge in [0.2, 0.25) is 5.78 Å². The third-order valence-corrected chi connectivity index (χ3v) is 6.09. The Hall–Kier alpha value is -4.02. The van der Waals surface area contributed by atoms with Crippen molar-refractivity contribution in [2.45, 2.75) is 25.0 Å². The fourth-order valence-corrected chi connectivity index (χ4v) is 4.19. The molecule has 0 bridgehead atoms.